The van der Waals surface area contributed by atoms with Gasteiger partial charge in [0.15, 0.2) is 5.17 Å². The fourth-order valence-electron chi connectivity index (χ4n) is 5.37. The minimum Gasteiger partial charge on any atom is -0.497 e. The number of hydrogen-bond donors (Lipinski definition) is 0. The Morgan fingerprint density at radius 3 is 2.27 bits per heavy atom. The Labute approximate surface area is 219 Å². The Balaban J connectivity index is 1.49. The standard InChI is InChI=1S/C31H26F2N2OS/c1-19-15-23(17-20-3-9-24(32)10-4-20)29-27(16-19)30(22-5-11-25(33)12-6-22)35-28(18-37-31(35)34-29)21-7-13-26(36-2)14-8-21/h3-14,17-19,30H,15-16H2,1-2H3/b23-17+/t19-,30-/m0/s1. The predicted molar refractivity (Wildman–Crippen MR) is 147 cm³/mol. The van der Waals surface area contributed by atoms with Gasteiger partial charge >= 0.3 is 0 Å². The van der Waals surface area contributed by atoms with Gasteiger partial charge in [0, 0.05) is 5.41 Å². The molecule has 0 amide bonds. The van der Waals surface area contributed by atoms with E-state index in [0.717, 1.165) is 57.4 Å². The van der Waals surface area contributed by atoms with Crippen LogP contribution >= 0.6 is 11.8 Å². The predicted octanol–water partition coefficient (Wildman–Crippen LogP) is 8.20. The molecule has 1 aliphatic carbocycles. The molecule has 0 saturated carbocycles. The largest absolute Gasteiger partial charge is 0.497 e. The number of ether oxygens (including phenoxy) is 1. The summed E-state index contributed by atoms with van der Waals surface area (Å²) in [6.45, 7) is 2.25. The molecule has 0 spiro atoms. The lowest BCUT2D eigenvalue weighted by molar-refractivity contribution is 0.414. The van der Waals surface area contributed by atoms with Crippen LogP contribution in [0, 0.1) is 17.6 Å². The van der Waals surface area contributed by atoms with Crippen LogP contribution in [0.5, 0.6) is 5.75 Å². The highest BCUT2D eigenvalue weighted by Crippen LogP contribution is 2.52. The molecule has 0 radical (unpaired) electrons. The zero-order chi connectivity index (χ0) is 25.5. The molecule has 3 nitrogen and oxygen atoms in total. The van der Waals surface area contributed by atoms with Gasteiger partial charge < -0.3 is 9.64 Å². The monoisotopic (exact) mass is 512 g/mol. The van der Waals surface area contributed by atoms with E-state index in [1.807, 2.05) is 24.3 Å². The number of allylic oxidation sites excluding steroid dienone is 1. The Kier molecular flexibility index (Phi) is 6.21. The van der Waals surface area contributed by atoms with Gasteiger partial charge in [-0.3, -0.25) is 0 Å². The third-order valence-electron chi connectivity index (χ3n) is 7.06. The van der Waals surface area contributed by atoms with Crippen molar-refractivity contribution in [2.24, 2.45) is 10.9 Å². The van der Waals surface area contributed by atoms with E-state index in [2.05, 4.69) is 35.4 Å². The fourth-order valence-corrected chi connectivity index (χ4v) is 6.29. The average Bonchev–Trinajstić information content (AvgIpc) is 3.33. The third kappa shape index (κ3) is 4.51. The number of rotatable bonds is 4. The Morgan fingerprint density at radius 2 is 1.59 bits per heavy atom. The van der Waals surface area contributed by atoms with E-state index < -0.39 is 0 Å². The molecule has 2 heterocycles. The first-order valence-electron chi connectivity index (χ1n) is 12.3. The number of nitrogens with zero attached hydrogens (tertiary/aromatic N) is 2. The molecule has 37 heavy (non-hydrogen) atoms. The summed E-state index contributed by atoms with van der Waals surface area (Å²) in [5, 5.41) is 3.04. The first-order chi connectivity index (χ1) is 18.0. The molecule has 3 aromatic carbocycles. The molecule has 3 aromatic rings. The molecule has 186 valence electrons. The first kappa shape index (κ1) is 23.7. The molecule has 0 N–H and O–H groups in total. The smallest absolute Gasteiger partial charge is 0.174 e. The maximum absolute atomic E-state index is 14.0. The van der Waals surface area contributed by atoms with Crippen LogP contribution in [-0.2, 0) is 0 Å². The molecule has 3 aliphatic rings. The number of amidine groups is 1. The number of thioether (sulfide) groups is 1. The highest BCUT2D eigenvalue weighted by atomic mass is 32.2. The van der Waals surface area contributed by atoms with E-state index >= 15 is 0 Å². The summed E-state index contributed by atoms with van der Waals surface area (Å²) in [7, 11) is 1.66. The lowest BCUT2D eigenvalue weighted by Crippen LogP contribution is -2.35. The SMILES string of the molecule is COc1ccc(C2=CSC3=NC4=C(C[C@@H](C)C/C4=C\c4ccc(F)cc4)[C@H](c4ccc(F)cc4)N23)cc1. The molecule has 6 heteroatoms. The van der Waals surface area contributed by atoms with Gasteiger partial charge in [0.2, 0.25) is 0 Å². The number of methoxy groups -OCH3 is 1. The van der Waals surface area contributed by atoms with E-state index in [0.29, 0.717) is 5.92 Å². The summed E-state index contributed by atoms with van der Waals surface area (Å²) in [5.41, 5.74) is 7.49. The topological polar surface area (TPSA) is 24.8 Å². The maximum Gasteiger partial charge on any atom is 0.174 e. The van der Waals surface area contributed by atoms with Crippen molar-refractivity contribution in [3.63, 3.8) is 0 Å². The van der Waals surface area contributed by atoms with Crippen molar-refractivity contribution in [1.29, 1.82) is 0 Å². The zero-order valence-corrected chi connectivity index (χ0v) is 21.4. The van der Waals surface area contributed by atoms with Crippen molar-refractivity contribution in [1.82, 2.24) is 4.90 Å². The fraction of sp³-hybridized carbons (Fsp3) is 0.194. The maximum atomic E-state index is 14.0. The molecule has 2 atom stereocenters. The summed E-state index contributed by atoms with van der Waals surface area (Å²) in [6, 6.07) is 21.3. The second-order valence-corrected chi connectivity index (χ2v) is 10.5. The molecular formula is C31H26F2N2OS. The van der Waals surface area contributed by atoms with E-state index in [1.54, 1.807) is 31.0 Å². The quantitative estimate of drug-likeness (QED) is 0.352. The summed E-state index contributed by atoms with van der Waals surface area (Å²) < 4.78 is 32.8. The molecule has 2 aliphatic heterocycles. The highest BCUT2D eigenvalue weighted by molar-refractivity contribution is 8.16. The van der Waals surface area contributed by atoms with Gasteiger partial charge in [-0.25, -0.2) is 13.8 Å². The van der Waals surface area contributed by atoms with Gasteiger partial charge in [0.25, 0.3) is 0 Å². The van der Waals surface area contributed by atoms with Gasteiger partial charge in [0.1, 0.15) is 17.4 Å². The van der Waals surface area contributed by atoms with Crippen LogP contribution in [0.15, 0.2) is 100 Å². The van der Waals surface area contributed by atoms with E-state index in [-0.39, 0.29) is 17.7 Å². The van der Waals surface area contributed by atoms with Crippen LogP contribution in [0.2, 0.25) is 0 Å². The second-order valence-electron chi connectivity index (χ2n) is 9.68. The van der Waals surface area contributed by atoms with Crippen LogP contribution < -0.4 is 4.74 Å². The van der Waals surface area contributed by atoms with Crippen LogP contribution in [0.25, 0.3) is 11.8 Å². The van der Waals surface area contributed by atoms with E-state index in [4.69, 9.17) is 9.73 Å². The van der Waals surface area contributed by atoms with Crippen molar-refractivity contribution in [3.8, 4) is 5.75 Å². The van der Waals surface area contributed by atoms with Crippen molar-refractivity contribution in [2.45, 2.75) is 25.8 Å². The second kappa shape index (κ2) is 9.67. The molecule has 0 bridgehead atoms. The van der Waals surface area contributed by atoms with Gasteiger partial charge in [-0.15, -0.1) is 0 Å². The minimum atomic E-state index is -0.252. The summed E-state index contributed by atoms with van der Waals surface area (Å²) in [6.07, 6.45) is 3.92. The number of halogens is 2. The lowest BCUT2D eigenvalue weighted by Gasteiger charge is -2.41. The molecular weight excluding hydrogens is 486 g/mol. The van der Waals surface area contributed by atoms with Crippen LogP contribution in [0.3, 0.4) is 0 Å². The first-order valence-corrected chi connectivity index (χ1v) is 13.2. The summed E-state index contributed by atoms with van der Waals surface area (Å²) in [4.78, 5) is 7.47. The highest BCUT2D eigenvalue weighted by Gasteiger charge is 2.41. The number of fused-ring (bicyclic) bond motifs is 1. The van der Waals surface area contributed by atoms with Gasteiger partial charge in [-0.1, -0.05) is 43.0 Å². The Hall–Kier alpha value is -3.64. The Bertz CT molecular complexity index is 1450. The van der Waals surface area contributed by atoms with Gasteiger partial charge in [-0.05, 0) is 101 Å². The molecule has 0 aromatic heterocycles. The Morgan fingerprint density at radius 1 is 0.919 bits per heavy atom. The molecule has 0 saturated heterocycles. The molecule has 0 fully saturated rings. The third-order valence-corrected chi connectivity index (χ3v) is 7.90. The minimum absolute atomic E-state index is 0.106. The zero-order valence-electron chi connectivity index (χ0n) is 20.6. The average molecular weight is 513 g/mol. The number of benzene rings is 3. The number of aliphatic imine (C=N–C) groups is 1. The normalized spacial score (nSPS) is 21.9. The van der Waals surface area contributed by atoms with Crippen LogP contribution in [-0.4, -0.2) is 17.2 Å². The van der Waals surface area contributed by atoms with Gasteiger partial charge in [-0.2, -0.15) is 0 Å². The number of hydrogen-bond acceptors (Lipinski definition) is 4. The van der Waals surface area contributed by atoms with Crippen LogP contribution in [0.4, 0.5) is 8.78 Å². The molecule has 0 unspecified atom stereocenters. The van der Waals surface area contributed by atoms with Crippen molar-refractivity contribution >= 4 is 28.7 Å². The molecule has 6 rings (SSSR count). The van der Waals surface area contributed by atoms with Crippen molar-refractivity contribution in [3.05, 3.63) is 123 Å². The van der Waals surface area contributed by atoms with Crippen molar-refractivity contribution < 1.29 is 13.5 Å². The van der Waals surface area contributed by atoms with E-state index in [9.17, 15) is 8.78 Å². The summed E-state index contributed by atoms with van der Waals surface area (Å²) in [5.74, 6) is 0.717. The summed E-state index contributed by atoms with van der Waals surface area (Å²) >= 11 is 1.61. The van der Waals surface area contributed by atoms with Crippen LogP contribution in [0.1, 0.15) is 42.5 Å². The van der Waals surface area contributed by atoms with Crippen molar-refractivity contribution in [2.75, 3.05) is 7.11 Å². The van der Waals surface area contributed by atoms with E-state index in [1.165, 1.54) is 29.8 Å². The lowest BCUT2D eigenvalue weighted by atomic mass is 9.78. The van der Waals surface area contributed by atoms with Gasteiger partial charge in [0.05, 0.1) is 24.5 Å².